The van der Waals surface area contributed by atoms with Gasteiger partial charge < -0.3 is 15.4 Å². The summed E-state index contributed by atoms with van der Waals surface area (Å²) in [5.41, 5.74) is 8.02. The number of ether oxygens (including phenoxy) is 1. The second-order valence-corrected chi connectivity index (χ2v) is 4.33. The molecular weight excluding hydrogens is 242 g/mol. The molecule has 0 fully saturated rings. The number of hydrogen-bond donors (Lipinski definition) is 1. The quantitative estimate of drug-likeness (QED) is 0.894. The maximum absolute atomic E-state index is 5.62. The van der Waals surface area contributed by atoms with Crippen molar-refractivity contribution in [1.82, 2.24) is 15.0 Å². The van der Waals surface area contributed by atoms with Crippen molar-refractivity contribution in [3.8, 4) is 6.01 Å². The zero-order valence-electron chi connectivity index (χ0n) is 11.3. The van der Waals surface area contributed by atoms with E-state index in [1.54, 1.807) is 0 Å². The van der Waals surface area contributed by atoms with Gasteiger partial charge >= 0.3 is 6.01 Å². The third-order valence-electron chi connectivity index (χ3n) is 2.65. The Morgan fingerprint density at radius 1 is 1.26 bits per heavy atom. The molecule has 6 heteroatoms. The topological polar surface area (TPSA) is 77.2 Å². The Kier molecular flexibility index (Phi) is 3.79. The second-order valence-electron chi connectivity index (χ2n) is 4.33. The number of aryl methyl sites for hydroxylation is 1. The Bertz CT molecular complexity index is 573. The van der Waals surface area contributed by atoms with Crippen LogP contribution in [0.1, 0.15) is 11.1 Å². The molecule has 6 nitrogen and oxygen atoms in total. The molecule has 1 aromatic carbocycles. The van der Waals surface area contributed by atoms with Gasteiger partial charge in [-0.05, 0) is 12.5 Å². The first kappa shape index (κ1) is 13.1. The molecule has 0 atom stereocenters. The zero-order valence-corrected chi connectivity index (χ0v) is 11.3. The molecule has 0 saturated heterocycles. The number of benzene rings is 1. The fourth-order valence-corrected chi connectivity index (χ4v) is 1.78. The first-order valence-corrected chi connectivity index (χ1v) is 5.90. The molecule has 2 aromatic rings. The first-order chi connectivity index (χ1) is 9.08. The monoisotopic (exact) mass is 259 g/mol. The van der Waals surface area contributed by atoms with Crippen LogP contribution in [0.15, 0.2) is 24.3 Å². The molecule has 0 radical (unpaired) electrons. The molecule has 0 aliphatic heterocycles. The van der Waals surface area contributed by atoms with Gasteiger partial charge in [-0.1, -0.05) is 29.8 Å². The van der Waals surface area contributed by atoms with Crippen LogP contribution >= 0.6 is 0 Å². The summed E-state index contributed by atoms with van der Waals surface area (Å²) in [6.45, 7) is 2.75. The highest BCUT2D eigenvalue weighted by Crippen LogP contribution is 2.15. The fourth-order valence-electron chi connectivity index (χ4n) is 1.78. The molecule has 0 aliphatic rings. The molecule has 2 N–H and O–H groups in total. The Labute approximate surface area is 112 Å². The van der Waals surface area contributed by atoms with Gasteiger partial charge in [-0.2, -0.15) is 15.0 Å². The van der Waals surface area contributed by atoms with Crippen molar-refractivity contribution in [3.63, 3.8) is 0 Å². The van der Waals surface area contributed by atoms with Gasteiger partial charge in [0.2, 0.25) is 11.9 Å². The van der Waals surface area contributed by atoms with Crippen LogP contribution in [-0.2, 0) is 6.54 Å². The van der Waals surface area contributed by atoms with Crippen molar-refractivity contribution in [2.45, 2.75) is 13.5 Å². The lowest BCUT2D eigenvalue weighted by atomic mass is 10.1. The molecule has 100 valence electrons. The van der Waals surface area contributed by atoms with Crippen LogP contribution < -0.4 is 15.4 Å². The first-order valence-electron chi connectivity index (χ1n) is 5.90. The normalized spacial score (nSPS) is 10.3. The number of anilines is 2. The van der Waals surface area contributed by atoms with Crippen LogP contribution in [0, 0.1) is 6.92 Å². The summed E-state index contributed by atoms with van der Waals surface area (Å²) in [7, 11) is 3.40. The average molecular weight is 259 g/mol. The molecule has 19 heavy (non-hydrogen) atoms. The lowest BCUT2D eigenvalue weighted by Gasteiger charge is -2.17. The summed E-state index contributed by atoms with van der Waals surface area (Å²) in [6.07, 6.45) is 0. The fraction of sp³-hybridized carbons (Fsp3) is 0.308. The molecule has 1 aromatic heterocycles. The van der Waals surface area contributed by atoms with E-state index in [2.05, 4.69) is 40.1 Å². The van der Waals surface area contributed by atoms with E-state index in [1.807, 2.05) is 18.0 Å². The van der Waals surface area contributed by atoms with E-state index < -0.39 is 0 Å². The summed E-state index contributed by atoms with van der Waals surface area (Å²) in [4.78, 5) is 14.0. The van der Waals surface area contributed by atoms with Gasteiger partial charge in [-0.25, -0.2) is 0 Å². The predicted octanol–water partition coefficient (Wildman–Crippen LogP) is 1.41. The Morgan fingerprint density at radius 3 is 2.74 bits per heavy atom. The molecule has 0 aliphatic carbocycles. The lowest BCUT2D eigenvalue weighted by molar-refractivity contribution is 0.379. The van der Waals surface area contributed by atoms with Gasteiger partial charge in [0.25, 0.3) is 0 Å². The van der Waals surface area contributed by atoms with Gasteiger partial charge in [0, 0.05) is 13.6 Å². The van der Waals surface area contributed by atoms with Crippen LogP contribution in [0.25, 0.3) is 0 Å². The number of nitrogens with zero attached hydrogens (tertiary/aromatic N) is 4. The largest absolute Gasteiger partial charge is 0.467 e. The summed E-state index contributed by atoms with van der Waals surface area (Å²) >= 11 is 0. The van der Waals surface area contributed by atoms with Crippen molar-refractivity contribution in [2.75, 3.05) is 24.8 Å². The molecule has 0 spiro atoms. The molecule has 2 rings (SSSR count). The van der Waals surface area contributed by atoms with Gasteiger partial charge in [0.05, 0.1) is 7.11 Å². The molecule has 0 unspecified atom stereocenters. The van der Waals surface area contributed by atoms with E-state index in [-0.39, 0.29) is 12.0 Å². The lowest BCUT2D eigenvalue weighted by Crippen LogP contribution is -2.20. The van der Waals surface area contributed by atoms with Gasteiger partial charge in [0.1, 0.15) is 0 Å². The van der Waals surface area contributed by atoms with E-state index in [1.165, 1.54) is 18.2 Å². The van der Waals surface area contributed by atoms with Crippen molar-refractivity contribution in [3.05, 3.63) is 35.4 Å². The molecule has 0 amide bonds. The highest BCUT2D eigenvalue weighted by atomic mass is 16.5. The predicted molar refractivity (Wildman–Crippen MR) is 74.1 cm³/mol. The van der Waals surface area contributed by atoms with Gasteiger partial charge in [-0.3, -0.25) is 0 Å². The maximum atomic E-state index is 5.62. The Hall–Kier alpha value is -2.37. The van der Waals surface area contributed by atoms with E-state index in [0.29, 0.717) is 12.5 Å². The van der Waals surface area contributed by atoms with Crippen LogP contribution in [0.5, 0.6) is 6.01 Å². The van der Waals surface area contributed by atoms with Crippen LogP contribution in [0.4, 0.5) is 11.9 Å². The van der Waals surface area contributed by atoms with Gasteiger partial charge in [0.15, 0.2) is 0 Å². The van der Waals surface area contributed by atoms with Crippen LogP contribution in [-0.4, -0.2) is 29.1 Å². The summed E-state index contributed by atoms with van der Waals surface area (Å²) in [5.74, 6) is 0.642. The minimum absolute atomic E-state index is 0.151. The van der Waals surface area contributed by atoms with E-state index >= 15 is 0 Å². The van der Waals surface area contributed by atoms with Crippen molar-refractivity contribution in [1.29, 1.82) is 0 Å². The van der Waals surface area contributed by atoms with Crippen LogP contribution in [0.3, 0.4) is 0 Å². The number of methoxy groups -OCH3 is 1. The number of rotatable bonds is 4. The Balaban J connectivity index is 2.20. The van der Waals surface area contributed by atoms with Crippen molar-refractivity contribution >= 4 is 11.9 Å². The molecule has 1 heterocycles. The smallest absolute Gasteiger partial charge is 0.322 e. The third-order valence-corrected chi connectivity index (χ3v) is 2.65. The van der Waals surface area contributed by atoms with Crippen LogP contribution in [0.2, 0.25) is 0 Å². The van der Waals surface area contributed by atoms with Crippen molar-refractivity contribution in [2.24, 2.45) is 0 Å². The number of nitrogens with two attached hydrogens (primary N) is 1. The minimum Gasteiger partial charge on any atom is -0.467 e. The second kappa shape index (κ2) is 5.51. The number of aromatic nitrogens is 3. The maximum Gasteiger partial charge on any atom is 0.322 e. The SMILES string of the molecule is COc1nc(N)nc(N(C)Cc2cccc(C)c2)n1. The summed E-state index contributed by atoms with van der Waals surface area (Å²) in [6, 6.07) is 8.50. The summed E-state index contributed by atoms with van der Waals surface area (Å²) < 4.78 is 4.99. The highest BCUT2D eigenvalue weighted by Gasteiger charge is 2.09. The van der Waals surface area contributed by atoms with E-state index in [4.69, 9.17) is 10.5 Å². The van der Waals surface area contributed by atoms with Gasteiger partial charge in [-0.15, -0.1) is 0 Å². The summed E-state index contributed by atoms with van der Waals surface area (Å²) in [5, 5.41) is 0. The number of hydrogen-bond acceptors (Lipinski definition) is 6. The standard InChI is InChI=1S/C13H17N5O/c1-9-5-4-6-10(7-9)8-18(2)12-15-11(14)16-13(17-12)19-3/h4-7H,8H2,1-3H3,(H2,14,15,16,17). The zero-order chi connectivity index (χ0) is 13.8. The van der Waals surface area contributed by atoms with Crippen molar-refractivity contribution < 1.29 is 4.74 Å². The highest BCUT2D eigenvalue weighted by molar-refractivity contribution is 5.36. The van der Waals surface area contributed by atoms with E-state index in [0.717, 1.165) is 0 Å². The molecule has 0 saturated carbocycles. The third kappa shape index (κ3) is 3.31. The molecular formula is C13H17N5O. The van der Waals surface area contributed by atoms with E-state index in [9.17, 15) is 0 Å². The Morgan fingerprint density at radius 2 is 2.05 bits per heavy atom. The number of nitrogen functional groups attached to an aromatic ring is 1. The average Bonchev–Trinajstić information content (AvgIpc) is 2.38. The molecule has 0 bridgehead atoms. The minimum atomic E-state index is 0.151.